The summed E-state index contributed by atoms with van der Waals surface area (Å²) in [6, 6.07) is 7.14. The predicted octanol–water partition coefficient (Wildman–Crippen LogP) is 3.66. The molecule has 1 N–H and O–H groups in total. The minimum Gasteiger partial charge on any atom is -0.462 e. The van der Waals surface area contributed by atoms with E-state index < -0.39 is 11.9 Å². The number of thiophene rings is 1. The summed E-state index contributed by atoms with van der Waals surface area (Å²) in [5.74, 6) is -1.25. The molecule has 0 radical (unpaired) electrons. The van der Waals surface area contributed by atoms with Crippen LogP contribution in [0.25, 0.3) is 5.69 Å². The van der Waals surface area contributed by atoms with Crippen LogP contribution >= 0.6 is 22.9 Å². The highest BCUT2D eigenvalue weighted by Gasteiger charge is 2.27. The number of nitrogens with one attached hydrogen (secondary N) is 1. The molecule has 174 valence electrons. The fraction of sp³-hybridized carbons (Fsp3) is 0.318. The Bertz CT molecular complexity index is 1220. The Labute approximate surface area is 200 Å². The monoisotopic (exact) mass is 489 g/mol. The molecule has 3 aromatic rings. The van der Waals surface area contributed by atoms with Gasteiger partial charge in [0.2, 0.25) is 5.91 Å². The van der Waals surface area contributed by atoms with Crippen LogP contribution in [-0.4, -0.2) is 58.4 Å². The van der Waals surface area contributed by atoms with E-state index in [1.807, 2.05) is 6.07 Å². The lowest BCUT2D eigenvalue weighted by Crippen LogP contribution is -2.21. The molecule has 11 heteroatoms. The molecular weight excluding hydrogens is 466 g/mol. The number of carbonyl (C=O) groups is 3. The maximum Gasteiger partial charge on any atom is 0.341 e. The first-order valence-corrected chi connectivity index (χ1v) is 11.3. The van der Waals surface area contributed by atoms with Crippen LogP contribution in [0.1, 0.15) is 43.9 Å². The number of amides is 2. The number of rotatable bonds is 7. The summed E-state index contributed by atoms with van der Waals surface area (Å²) >= 11 is 7.10. The molecule has 0 aliphatic heterocycles. The second kappa shape index (κ2) is 10.1. The van der Waals surface area contributed by atoms with Gasteiger partial charge in [0.05, 0.1) is 40.5 Å². The molecule has 2 amide bonds. The van der Waals surface area contributed by atoms with Gasteiger partial charge in [-0.3, -0.25) is 9.59 Å². The predicted molar refractivity (Wildman–Crippen MR) is 126 cm³/mol. The first kappa shape index (κ1) is 24.4. The SMILES string of the molecule is CCOC(=O)c1c(NC(=O)Cc2nnn(-c3cccc(Cl)c3)c2C)sc(C(=O)N(C)C)c1C. The molecular formula is C22H24ClN5O4S. The molecule has 3 rings (SSSR count). The van der Waals surface area contributed by atoms with Crippen LogP contribution in [0.15, 0.2) is 24.3 Å². The van der Waals surface area contributed by atoms with Gasteiger partial charge in [-0.05, 0) is 44.5 Å². The average molecular weight is 490 g/mol. The fourth-order valence-corrected chi connectivity index (χ4v) is 4.57. The first-order chi connectivity index (χ1) is 15.6. The molecule has 0 saturated carbocycles. The zero-order valence-electron chi connectivity index (χ0n) is 18.9. The van der Waals surface area contributed by atoms with Gasteiger partial charge in [-0.1, -0.05) is 22.9 Å². The third kappa shape index (κ3) is 5.23. The molecule has 0 fully saturated rings. The molecule has 0 saturated heterocycles. The van der Waals surface area contributed by atoms with Crippen LogP contribution < -0.4 is 5.32 Å². The van der Waals surface area contributed by atoms with Gasteiger partial charge >= 0.3 is 5.97 Å². The normalized spacial score (nSPS) is 10.7. The molecule has 0 unspecified atom stereocenters. The number of carbonyl (C=O) groups excluding carboxylic acids is 3. The van der Waals surface area contributed by atoms with E-state index in [1.54, 1.807) is 57.7 Å². The molecule has 0 bridgehead atoms. The number of anilines is 1. The van der Waals surface area contributed by atoms with Gasteiger partial charge in [0.15, 0.2) is 0 Å². The minimum atomic E-state index is -0.595. The lowest BCUT2D eigenvalue weighted by molar-refractivity contribution is -0.115. The molecule has 0 aliphatic rings. The maximum atomic E-state index is 12.8. The maximum absolute atomic E-state index is 12.8. The number of esters is 1. The van der Waals surface area contributed by atoms with E-state index in [0.717, 1.165) is 17.0 Å². The Morgan fingerprint density at radius 3 is 2.61 bits per heavy atom. The highest BCUT2D eigenvalue weighted by Crippen LogP contribution is 2.34. The van der Waals surface area contributed by atoms with E-state index in [-0.39, 0.29) is 29.5 Å². The number of halogens is 1. The van der Waals surface area contributed by atoms with Crippen molar-refractivity contribution in [1.82, 2.24) is 19.9 Å². The summed E-state index contributed by atoms with van der Waals surface area (Å²) in [7, 11) is 3.24. The van der Waals surface area contributed by atoms with Gasteiger partial charge in [-0.25, -0.2) is 9.48 Å². The van der Waals surface area contributed by atoms with E-state index in [2.05, 4.69) is 15.6 Å². The zero-order chi connectivity index (χ0) is 24.3. The number of hydrogen-bond acceptors (Lipinski definition) is 7. The van der Waals surface area contributed by atoms with Crippen molar-refractivity contribution in [2.24, 2.45) is 0 Å². The highest BCUT2D eigenvalue weighted by molar-refractivity contribution is 7.18. The molecule has 1 aromatic carbocycles. The van der Waals surface area contributed by atoms with Crippen LogP contribution in [-0.2, 0) is 16.0 Å². The summed E-state index contributed by atoms with van der Waals surface area (Å²) in [4.78, 5) is 39.7. The van der Waals surface area contributed by atoms with Crippen LogP contribution in [0, 0.1) is 13.8 Å². The van der Waals surface area contributed by atoms with Crippen molar-refractivity contribution in [3.63, 3.8) is 0 Å². The Morgan fingerprint density at radius 2 is 1.97 bits per heavy atom. The molecule has 9 nitrogen and oxygen atoms in total. The van der Waals surface area contributed by atoms with Gasteiger partial charge in [0.1, 0.15) is 5.00 Å². The van der Waals surface area contributed by atoms with Crippen molar-refractivity contribution >= 4 is 45.7 Å². The molecule has 2 heterocycles. The third-order valence-electron chi connectivity index (χ3n) is 4.85. The first-order valence-electron chi connectivity index (χ1n) is 10.1. The summed E-state index contributed by atoms with van der Waals surface area (Å²) in [5, 5.41) is 11.8. The quantitative estimate of drug-likeness (QED) is 0.507. The third-order valence-corrected chi connectivity index (χ3v) is 6.28. The van der Waals surface area contributed by atoms with Crippen molar-refractivity contribution in [2.75, 3.05) is 26.0 Å². The number of benzene rings is 1. The van der Waals surface area contributed by atoms with E-state index in [0.29, 0.717) is 26.9 Å². The van der Waals surface area contributed by atoms with E-state index >= 15 is 0 Å². The smallest absolute Gasteiger partial charge is 0.341 e. The lowest BCUT2D eigenvalue weighted by atomic mass is 10.1. The van der Waals surface area contributed by atoms with Crippen molar-refractivity contribution in [3.8, 4) is 5.69 Å². The minimum absolute atomic E-state index is 0.0669. The number of aromatic nitrogens is 3. The molecule has 0 aliphatic carbocycles. The fourth-order valence-electron chi connectivity index (χ4n) is 3.16. The Morgan fingerprint density at radius 1 is 1.24 bits per heavy atom. The summed E-state index contributed by atoms with van der Waals surface area (Å²) in [6.45, 7) is 5.33. The van der Waals surface area contributed by atoms with Gasteiger partial charge in [0.25, 0.3) is 5.91 Å². The largest absolute Gasteiger partial charge is 0.462 e. The van der Waals surface area contributed by atoms with Gasteiger partial charge in [-0.2, -0.15) is 0 Å². The average Bonchev–Trinajstić information content (AvgIpc) is 3.27. The molecule has 0 spiro atoms. The zero-order valence-corrected chi connectivity index (χ0v) is 20.5. The van der Waals surface area contributed by atoms with Crippen LogP contribution in [0.2, 0.25) is 5.02 Å². The topological polar surface area (TPSA) is 106 Å². The summed E-state index contributed by atoms with van der Waals surface area (Å²) in [5.41, 5.74) is 2.53. The van der Waals surface area contributed by atoms with Gasteiger partial charge in [-0.15, -0.1) is 16.4 Å². The van der Waals surface area contributed by atoms with E-state index in [4.69, 9.17) is 16.3 Å². The summed E-state index contributed by atoms with van der Waals surface area (Å²) < 4.78 is 6.74. The second-order valence-electron chi connectivity index (χ2n) is 7.42. The van der Waals surface area contributed by atoms with Gasteiger partial charge in [0, 0.05) is 19.1 Å². The Hall–Kier alpha value is -3.24. The highest BCUT2D eigenvalue weighted by atomic mass is 35.5. The van der Waals surface area contributed by atoms with Crippen LogP contribution in [0.5, 0.6) is 0 Å². The van der Waals surface area contributed by atoms with Crippen molar-refractivity contribution < 1.29 is 19.1 Å². The van der Waals surface area contributed by atoms with Crippen molar-refractivity contribution in [1.29, 1.82) is 0 Å². The van der Waals surface area contributed by atoms with Crippen molar-refractivity contribution in [2.45, 2.75) is 27.2 Å². The van der Waals surface area contributed by atoms with Crippen LogP contribution in [0.4, 0.5) is 5.00 Å². The molecule has 33 heavy (non-hydrogen) atoms. The standard InChI is InChI=1S/C22H24ClN5O4S/c1-6-32-22(31)18-12(2)19(21(30)27(4)5)33-20(18)24-17(29)11-16-13(3)28(26-25-16)15-9-7-8-14(23)10-15/h7-10H,6,11H2,1-5H3,(H,24,29). The lowest BCUT2D eigenvalue weighted by Gasteiger charge is -2.09. The Balaban J connectivity index is 1.86. The van der Waals surface area contributed by atoms with E-state index in [9.17, 15) is 14.4 Å². The Kier molecular flexibility index (Phi) is 7.50. The van der Waals surface area contributed by atoms with E-state index in [1.165, 1.54) is 4.90 Å². The van der Waals surface area contributed by atoms with Crippen molar-refractivity contribution in [3.05, 3.63) is 56.7 Å². The van der Waals surface area contributed by atoms with Gasteiger partial charge < -0.3 is 15.0 Å². The molecule has 0 atom stereocenters. The second-order valence-corrected chi connectivity index (χ2v) is 8.88. The summed E-state index contributed by atoms with van der Waals surface area (Å²) in [6.07, 6.45) is -0.0669. The number of nitrogens with zero attached hydrogens (tertiary/aromatic N) is 4. The van der Waals surface area contributed by atoms with Crippen LogP contribution in [0.3, 0.4) is 0 Å². The molecule has 2 aromatic heterocycles. The number of ether oxygens (including phenoxy) is 1. The number of hydrogen-bond donors (Lipinski definition) is 1.